The van der Waals surface area contributed by atoms with E-state index in [1.54, 1.807) is 4.90 Å². The number of thiocarbonyl (C=S) groups is 1. The molecule has 0 aromatic heterocycles. The van der Waals surface area contributed by atoms with Crippen molar-refractivity contribution < 1.29 is 14.3 Å². The van der Waals surface area contributed by atoms with Crippen LogP contribution in [-0.2, 0) is 17.8 Å². The molecule has 1 aliphatic heterocycles. The second-order valence-electron chi connectivity index (χ2n) is 8.78. The average molecular weight is 427 g/mol. The predicted molar refractivity (Wildman–Crippen MR) is 124 cm³/mol. The van der Waals surface area contributed by atoms with E-state index in [0.29, 0.717) is 18.1 Å². The summed E-state index contributed by atoms with van der Waals surface area (Å²) in [5.41, 5.74) is 4.73. The molecular weight excluding hydrogens is 396 g/mol. The van der Waals surface area contributed by atoms with Crippen LogP contribution in [0.15, 0.2) is 36.4 Å². The van der Waals surface area contributed by atoms with Crippen LogP contribution in [-0.4, -0.2) is 27.7 Å². The predicted octanol–water partition coefficient (Wildman–Crippen LogP) is 5.76. The van der Waals surface area contributed by atoms with E-state index in [4.69, 9.17) is 21.7 Å². The third kappa shape index (κ3) is 5.30. The summed E-state index contributed by atoms with van der Waals surface area (Å²) in [6.45, 7) is 12.6. The zero-order valence-corrected chi connectivity index (χ0v) is 19.4. The topological polar surface area (TPSA) is 50.8 Å². The number of nitrogens with one attached hydrogen (secondary N) is 1. The van der Waals surface area contributed by atoms with E-state index in [9.17, 15) is 4.79 Å². The van der Waals surface area contributed by atoms with Gasteiger partial charge in [0.1, 0.15) is 22.4 Å². The molecule has 3 rings (SSSR count). The second kappa shape index (κ2) is 8.64. The molecule has 0 radical (unpaired) electrons. The van der Waals surface area contributed by atoms with Gasteiger partial charge in [-0.15, -0.1) is 0 Å². The highest BCUT2D eigenvalue weighted by Gasteiger charge is 2.25. The molecular formula is C24H30N2O3S. The minimum atomic E-state index is -0.565. The number of nitrogens with zero attached hydrogens (tertiary/aromatic N) is 1. The Morgan fingerprint density at radius 2 is 1.93 bits per heavy atom. The maximum atomic E-state index is 13.0. The Hall–Kier alpha value is -2.60. The Labute approximate surface area is 184 Å². The second-order valence-corrected chi connectivity index (χ2v) is 9.22. The number of rotatable bonds is 4. The minimum absolute atomic E-state index is 0.152. The smallest absolute Gasteiger partial charge is 0.410 e. The molecule has 1 aliphatic rings. The van der Waals surface area contributed by atoms with Crippen LogP contribution in [0.2, 0.25) is 0 Å². The number of fused-ring (bicyclic) bond motifs is 1. The number of anilines is 1. The van der Waals surface area contributed by atoms with Crippen molar-refractivity contribution in [1.29, 1.82) is 0 Å². The van der Waals surface area contributed by atoms with Gasteiger partial charge in [0.15, 0.2) is 0 Å². The van der Waals surface area contributed by atoms with E-state index in [1.165, 1.54) is 11.1 Å². The fraction of sp³-hybridized carbons (Fsp3) is 0.417. The molecule has 0 saturated heterocycles. The van der Waals surface area contributed by atoms with Gasteiger partial charge in [0.05, 0.1) is 5.69 Å². The van der Waals surface area contributed by atoms with Crippen LogP contribution >= 0.6 is 12.2 Å². The third-order valence-corrected chi connectivity index (χ3v) is 5.51. The summed E-state index contributed by atoms with van der Waals surface area (Å²) in [5.74, 6) is 0.762. The lowest BCUT2D eigenvalue weighted by molar-refractivity contribution is 0.0216. The van der Waals surface area contributed by atoms with Crippen LogP contribution in [0.3, 0.4) is 0 Å². The number of aryl methyl sites for hydroxylation is 1. The Bertz CT molecular complexity index is 965. The molecule has 0 aliphatic carbocycles. The largest absolute Gasteiger partial charge is 0.481 e. The zero-order chi connectivity index (χ0) is 22.1. The molecule has 1 N–H and O–H groups in total. The zero-order valence-electron chi connectivity index (χ0n) is 18.5. The Morgan fingerprint density at radius 3 is 2.63 bits per heavy atom. The van der Waals surface area contributed by atoms with Crippen molar-refractivity contribution in [3.8, 4) is 5.75 Å². The van der Waals surface area contributed by atoms with Crippen molar-refractivity contribution >= 4 is 29.0 Å². The van der Waals surface area contributed by atoms with Crippen molar-refractivity contribution in [3.63, 3.8) is 0 Å². The third-order valence-electron chi connectivity index (χ3n) is 5.08. The quantitative estimate of drug-likeness (QED) is 0.630. The Kier molecular flexibility index (Phi) is 6.36. The van der Waals surface area contributed by atoms with Gasteiger partial charge in [-0.3, -0.25) is 4.90 Å². The van der Waals surface area contributed by atoms with Crippen LogP contribution in [0.4, 0.5) is 10.5 Å². The van der Waals surface area contributed by atoms with Gasteiger partial charge < -0.3 is 14.8 Å². The molecule has 2 aromatic rings. The highest BCUT2D eigenvalue weighted by Crippen LogP contribution is 2.31. The van der Waals surface area contributed by atoms with Crippen LogP contribution in [0.5, 0.6) is 5.75 Å². The number of hydrogen-bond acceptors (Lipinski definition) is 4. The maximum Gasteiger partial charge on any atom is 0.410 e. The molecule has 0 spiro atoms. The first kappa shape index (κ1) is 22.1. The molecule has 1 amide bonds. The molecule has 1 unspecified atom stereocenters. The number of carbonyl (C=O) groups excluding carboxylic acids is 1. The van der Waals surface area contributed by atoms with Gasteiger partial charge in [-0.25, -0.2) is 4.79 Å². The average Bonchev–Trinajstić information content (AvgIpc) is 2.64. The van der Waals surface area contributed by atoms with Crippen molar-refractivity contribution in [1.82, 2.24) is 4.90 Å². The summed E-state index contributed by atoms with van der Waals surface area (Å²) >= 11 is 5.33. The van der Waals surface area contributed by atoms with E-state index >= 15 is 0 Å². The molecule has 160 valence electrons. The summed E-state index contributed by atoms with van der Waals surface area (Å²) in [7, 11) is 0. The molecule has 0 saturated carbocycles. The first-order valence-corrected chi connectivity index (χ1v) is 10.6. The van der Waals surface area contributed by atoms with Crippen molar-refractivity contribution in [2.45, 2.75) is 66.3 Å². The van der Waals surface area contributed by atoms with E-state index < -0.39 is 5.60 Å². The van der Waals surface area contributed by atoms with Gasteiger partial charge in [0.2, 0.25) is 0 Å². The van der Waals surface area contributed by atoms with Crippen LogP contribution in [0.1, 0.15) is 49.9 Å². The molecule has 0 fully saturated rings. The van der Waals surface area contributed by atoms with Gasteiger partial charge in [-0.05, 0) is 75.9 Å². The minimum Gasteiger partial charge on any atom is -0.481 e. The van der Waals surface area contributed by atoms with Crippen LogP contribution in [0.25, 0.3) is 0 Å². The first-order valence-electron chi connectivity index (χ1n) is 10.2. The summed E-state index contributed by atoms with van der Waals surface area (Å²) in [6.07, 6.45) is -0.490. The number of amides is 1. The summed E-state index contributed by atoms with van der Waals surface area (Å²) < 4.78 is 11.5. The lowest BCUT2D eigenvalue weighted by atomic mass is 10.0. The van der Waals surface area contributed by atoms with Crippen molar-refractivity contribution in [2.75, 3.05) is 5.32 Å². The van der Waals surface area contributed by atoms with Gasteiger partial charge in [-0.1, -0.05) is 36.5 Å². The number of carbonyl (C=O) groups is 1. The van der Waals surface area contributed by atoms with Gasteiger partial charge in [-0.2, -0.15) is 0 Å². The summed E-state index contributed by atoms with van der Waals surface area (Å²) in [5, 5.41) is 3.23. The fourth-order valence-corrected chi connectivity index (χ4v) is 3.43. The molecule has 5 nitrogen and oxygen atoms in total. The normalized spacial score (nSPS) is 15.7. The van der Waals surface area contributed by atoms with Gasteiger partial charge in [0, 0.05) is 13.1 Å². The van der Waals surface area contributed by atoms with Crippen molar-refractivity contribution in [2.24, 2.45) is 0 Å². The maximum absolute atomic E-state index is 13.0. The van der Waals surface area contributed by atoms with E-state index in [-0.39, 0.29) is 12.2 Å². The Balaban J connectivity index is 1.87. The first-order chi connectivity index (χ1) is 14.0. The molecule has 1 atom stereocenters. The highest BCUT2D eigenvalue weighted by atomic mass is 32.1. The Morgan fingerprint density at radius 1 is 1.20 bits per heavy atom. The molecule has 6 heteroatoms. The summed E-state index contributed by atoms with van der Waals surface area (Å²) in [6, 6.07) is 12.0. The van der Waals surface area contributed by atoms with Crippen molar-refractivity contribution in [3.05, 3.63) is 58.7 Å². The van der Waals surface area contributed by atoms with Gasteiger partial charge >= 0.3 is 6.09 Å². The summed E-state index contributed by atoms with van der Waals surface area (Å²) in [4.78, 5) is 15.4. The van der Waals surface area contributed by atoms with Crippen LogP contribution in [0, 0.1) is 13.8 Å². The molecule has 30 heavy (non-hydrogen) atoms. The molecule has 1 heterocycles. The van der Waals surface area contributed by atoms with E-state index in [2.05, 4.69) is 31.3 Å². The van der Waals surface area contributed by atoms with E-state index in [1.807, 2.05) is 52.0 Å². The highest BCUT2D eigenvalue weighted by molar-refractivity contribution is 7.80. The van der Waals surface area contributed by atoms with E-state index in [0.717, 1.165) is 22.6 Å². The fourth-order valence-electron chi connectivity index (χ4n) is 3.27. The number of benzene rings is 2. The lowest BCUT2D eigenvalue weighted by Crippen LogP contribution is -2.36. The monoisotopic (exact) mass is 426 g/mol. The lowest BCUT2D eigenvalue weighted by Gasteiger charge is -2.29. The SMILES string of the molecule is Cc1cccc(CN(Cc2ccc3c(c2)NC(=S)C(C)O3)C(=O)OC(C)(C)C)c1C. The van der Waals surface area contributed by atoms with Gasteiger partial charge in [0.25, 0.3) is 0 Å². The molecule has 0 bridgehead atoms. The van der Waals surface area contributed by atoms with Crippen LogP contribution < -0.4 is 10.1 Å². The molecule has 2 aromatic carbocycles. The number of hydrogen-bond donors (Lipinski definition) is 1. The number of ether oxygens (including phenoxy) is 2. The standard InChI is InChI=1S/C24H30N2O3S/c1-15-8-7-9-19(16(15)2)14-26(23(27)29-24(4,5)6)13-18-10-11-21-20(12-18)25-22(30)17(3)28-21/h7-12,17H,13-14H2,1-6H3,(H,25,30).